The van der Waals surface area contributed by atoms with Crippen LogP contribution in [0.1, 0.15) is 23.3 Å². The molecule has 1 saturated carbocycles. The maximum atomic E-state index is 11.5. The molecule has 1 aromatic heterocycles. The zero-order valence-electron chi connectivity index (χ0n) is 7.90. The Hall–Kier alpha value is -1.43. The number of carbonyl (C=O) groups excluding carboxylic acids is 1. The van der Waals surface area contributed by atoms with Crippen LogP contribution in [0.25, 0.3) is 0 Å². The summed E-state index contributed by atoms with van der Waals surface area (Å²) in [4.78, 5) is 11.5. The minimum atomic E-state index is -0.394. The predicted octanol–water partition coefficient (Wildman–Crippen LogP) is -0.930. The van der Waals surface area contributed by atoms with Gasteiger partial charge in [0.05, 0.1) is 18.3 Å². The molecule has 1 aliphatic carbocycles. The molecule has 0 spiro atoms. The van der Waals surface area contributed by atoms with E-state index in [0.29, 0.717) is 0 Å². The fourth-order valence-electron chi connectivity index (χ4n) is 1.23. The van der Waals surface area contributed by atoms with Crippen LogP contribution in [0.3, 0.4) is 0 Å². The maximum absolute atomic E-state index is 11.5. The first-order valence-electron chi connectivity index (χ1n) is 4.45. The van der Waals surface area contributed by atoms with Gasteiger partial charge in [0, 0.05) is 7.05 Å². The lowest BCUT2D eigenvalue weighted by molar-refractivity contribution is 0.0901. The first kappa shape index (κ1) is 9.14. The van der Waals surface area contributed by atoms with E-state index in [4.69, 9.17) is 5.11 Å². The third-order valence-electron chi connectivity index (χ3n) is 2.37. The van der Waals surface area contributed by atoms with Crippen molar-refractivity contribution < 1.29 is 9.90 Å². The van der Waals surface area contributed by atoms with Crippen LogP contribution in [0, 0.1) is 0 Å². The van der Waals surface area contributed by atoms with Crippen LogP contribution in [-0.4, -0.2) is 38.2 Å². The Kier molecular flexibility index (Phi) is 1.99. The van der Waals surface area contributed by atoms with Gasteiger partial charge in [-0.25, -0.2) is 0 Å². The summed E-state index contributed by atoms with van der Waals surface area (Å²) in [6, 6.07) is 0. The van der Waals surface area contributed by atoms with Crippen LogP contribution in [0.2, 0.25) is 0 Å². The number of nitrogens with zero attached hydrogens (tertiary/aromatic N) is 3. The summed E-state index contributed by atoms with van der Waals surface area (Å²) in [5.74, 6) is -0.273. The summed E-state index contributed by atoms with van der Waals surface area (Å²) in [6.07, 6.45) is 3.20. The summed E-state index contributed by atoms with van der Waals surface area (Å²) in [5, 5.41) is 19.1. The van der Waals surface area contributed by atoms with Crippen molar-refractivity contribution >= 4 is 5.91 Å². The maximum Gasteiger partial charge on any atom is 0.273 e. The van der Waals surface area contributed by atoms with Gasteiger partial charge in [0.1, 0.15) is 0 Å². The molecule has 1 heterocycles. The summed E-state index contributed by atoms with van der Waals surface area (Å²) in [5.41, 5.74) is -0.110. The first-order valence-corrected chi connectivity index (χ1v) is 4.45. The van der Waals surface area contributed by atoms with Gasteiger partial charge in [-0.05, 0) is 12.8 Å². The number of aromatic nitrogens is 3. The fraction of sp³-hybridized carbons (Fsp3) is 0.625. The average Bonchev–Trinajstić information content (AvgIpc) is 2.80. The molecule has 2 rings (SSSR count). The molecule has 1 amide bonds. The van der Waals surface area contributed by atoms with Crippen molar-refractivity contribution in [1.29, 1.82) is 0 Å². The van der Waals surface area contributed by atoms with Crippen molar-refractivity contribution in [3.63, 3.8) is 0 Å². The molecule has 76 valence electrons. The Labute approximate surface area is 80.9 Å². The second-order valence-electron chi connectivity index (χ2n) is 3.67. The lowest BCUT2D eigenvalue weighted by Crippen LogP contribution is -2.39. The molecule has 1 aromatic rings. The number of carbonyl (C=O) groups is 1. The molecule has 1 aliphatic rings. The quantitative estimate of drug-likeness (QED) is 0.654. The van der Waals surface area contributed by atoms with Crippen molar-refractivity contribution in [2.75, 3.05) is 6.61 Å². The van der Waals surface area contributed by atoms with Crippen molar-refractivity contribution in [3.8, 4) is 0 Å². The van der Waals surface area contributed by atoms with E-state index < -0.39 is 5.54 Å². The Bertz CT molecular complexity index is 356. The van der Waals surface area contributed by atoms with Crippen LogP contribution >= 0.6 is 0 Å². The van der Waals surface area contributed by atoms with Gasteiger partial charge >= 0.3 is 0 Å². The van der Waals surface area contributed by atoms with E-state index in [0.717, 1.165) is 12.8 Å². The number of aliphatic hydroxyl groups excluding tert-OH is 1. The molecule has 6 nitrogen and oxygen atoms in total. The van der Waals surface area contributed by atoms with E-state index in [9.17, 15) is 4.79 Å². The molecule has 0 aliphatic heterocycles. The highest BCUT2D eigenvalue weighted by Crippen LogP contribution is 2.34. The van der Waals surface area contributed by atoms with E-state index in [2.05, 4.69) is 15.6 Å². The van der Waals surface area contributed by atoms with Gasteiger partial charge in [0.2, 0.25) is 0 Å². The summed E-state index contributed by atoms with van der Waals surface area (Å²) in [7, 11) is 1.70. The zero-order valence-corrected chi connectivity index (χ0v) is 7.90. The fourth-order valence-corrected chi connectivity index (χ4v) is 1.23. The zero-order chi connectivity index (χ0) is 10.2. The minimum Gasteiger partial charge on any atom is -0.394 e. The highest BCUT2D eigenvalue weighted by molar-refractivity contribution is 5.92. The minimum absolute atomic E-state index is 0.0149. The van der Waals surface area contributed by atoms with Gasteiger partial charge in [0.15, 0.2) is 5.69 Å². The number of hydrogen-bond acceptors (Lipinski definition) is 4. The number of aryl methyl sites for hydroxylation is 1. The van der Waals surface area contributed by atoms with E-state index in [-0.39, 0.29) is 18.2 Å². The van der Waals surface area contributed by atoms with Crippen LogP contribution in [0.4, 0.5) is 0 Å². The normalized spacial score (nSPS) is 17.9. The molecule has 0 saturated heterocycles. The molecule has 6 heteroatoms. The first-order chi connectivity index (χ1) is 6.65. The van der Waals surface area contributed by atoms with Crippen LogP contribution in [-0.2, 0) is 7.05 Å². The molecule has 0 aromatic carbocycles. The topological polar surface area (TPSA) is 80.0 Å². The third kappa shape index (κ3) is 1.60. The smallest absolute Gasteiger partial charge is 0.273 e. The van der Waals surface area contributed by atoms with Gasteiger partial charge in [0.25, 0.3) is 5.91 Å². The SMILES string of the molecule is Cn1cc(C(=O)NC2(CO)CC2)nn1. The molecule has 0 unspecified atom stereocenters. The number of rotatable bonds is 3. The summed E-state index contributed by atoms with van der Waals surface area (Å²) in [6.45, 7) is -0.0149. The predicted molar refractivity (Wildman–Crippen MR) is 47.5 cm³/mol. The monoisotopic (exact) mass is 196 g/mol. The molecule has 1 fully saturated rings. The number of aliphatic hydroxyl groups is 1. The Morgan fingerprint density at radius 2 is 2.50 bits per heavy atom. The summed E-state index contributed by atoms with van der Waals surface area (Å²) >= 11 is 0. The number of hydrogen-bond donors (Lipinski definition) is 2. The van der Waals surface area contributed by atoms with Gasteiger partial charge in [-0.1, -0.05) is 5.21 Å². The highest BCUT2D eigenvalue weighted by atomic mass is 16.3. The average molecular weight is 196 g/mol. The Morgan fingerprint density at radius 1 is 1.79 bits per heavy atom. The van der Waals surface area contributed by atoms with Gasteiger partial charge in [-0.2, -0.15) is 0 Å². The Morgan fingerprint density at radius 3 is 2.93 bits per heavy atom. The van der Waals surface area contributed by atoms with Gasteiger partial charge < -0.3 is 10.4 Å². The van der Waals surface area contributed by atoms with E-state index in [1.165, 1.54) is 4.68 Å². The van der Waals surface area contributed by atoms with Crippen molar-refractivity contribution in [3.05, 3.63) is 11.9 Å². The summed E-state index contributed by atoms with van der Waals surface area (Å²) < 4.78 is 1.47. The molecule has 0 bridgehead atoms. The molecule has 0 atom stereocenters. The molecule has 14 heavy (non-hydrogen) atoms. The van der Waals surface area contributed by atoms with Crippen molar-refractivity contribution in [2.45, 2.75) is 18.4 Å². The molecule has 2 N–H and O–H groups in total. The van der Waals surface area contributed by atoms with E-state index >= 15 is 0 Å². The van der Waals surface area contributed by atoms with E-state index in [1.807, 2.05) is 0 Å². The van der Waals surface area contributed by atoms with Crippen LogP contribution in [0.15, 0.2) is 6.20 Å². The highest BCUT2D eigenvalue weighted by Gasteiger charge is 2.43. The van der Waals surface area contributed by atoms with Crippen molar-refractivity contribution in [2.24, 2.45) is 7.05 Å². The Balaban J connectivity index is 2.03. The van der Waals surface area contributed by atoms with E-state index in [1.54, 1.807) is 13.2 Å². The standard InChI is InChI=1S/C8H12N4O2/c1-12-4-6(10-11-12)7(14)9-8(5-13)2-3-8/h4,13H,2-3,5H2,1H3,(H,9,14). The molecule has 0 radical (unpaired) electrons. The van der Waals surface area contributed by atoms with Gasteiger partial charge in [-0.3, -0.25) is 9.48 Å². The number of nitrogens with one attached hydrogen (secondary N) is 1. The third-order valence-corrected chi connectivity index (χ3v) is 2.37. The second-order valence-corrected chi connectivity index (χ2v) is 3.67. The molecular weight excluding hydrogens is 184 g/mol. The van der Waals surface area contributed by atoms with Gasteiger partial charge in [-0.15, -0.1) is 5.10 Å². The lowest BCUT2D eigenvalue weighted by atomic mass is 10.3. The number of amides is 1. The second kappa shape index (κ2) is 3.06. The molecular formula is C8H12N4O2. The van der Waals surface area contributed by atoms with Crippen molar-refractivity contribution in [1.82, 2.24) is 20.3 Å². The van der Waals surface area contributed by atoms with Crippen LogP contribution in [0.5, 0.6) is 0 Å². The van der Waals surface area contributed by atoms with Crippen LogP contribution < -0.4 is 5.32 Å². The lowest BCUT2D eigenvalue weighted by Gasteiger charge is -2.12. The largest absolute Gasteiger partial charge is 0.394 e.